The Balaban J connectivity index is 3.13. The number of alkyl halides is 2. The molecule has 22 heavy (non-hydrogen) atoms. The van der Waals surface area contributed by atoms with Crippen molar-refractivity contribution in [1.82, 2.24) is 0 Å². The molecule has 2 rings (SSSR count). The SMILES string of the molecule is CC1([N+](=O)[O-])C(F)=C(F)C(F)(F)c2c(F)c(F)c(F)c(F)c21. The van der Waals surface area contributed by atoms with Gasteiger partial charge in [-0.3, -0.25) is 10.1 Å². The topological polar surface area (TPSA) is 43.1 Å². The van der Waals surface area contributed by atoms with Gasteiger partial charge in [-0.1, -0.05) is 0 Å². The van der Waals surface area contributed by atoms with Crippen molar-refractivity contribution in [2.24, 2.45) is 0 Å². The monoisotopic (exact) mass is 333 g/mol. The summed E-state index contributed by atoms with van der Waals surface area (Å²) in [6.07, 6.45) is 0. The van der Waals surface area contributed by atoms with Gasteiger partial charge in [0.1, 0.15) is 0 Å². The molecule has 0 amide bonds. The maximum atomic E-state index is 13.7. The summed E-state index contributed by atoms with van der Waals surface area (Å²) in [6, 6.07) is 0. The van der Waals surface area contributed by atoms with E-state index in [-0.39, 0.29) is 6.92 Å². The number of nitro groups is 1. The minimum absolute atomic E-state index is 0.121. The average Bonchev–Trinajstić information content (AvgIpc) is 2.44. The van der Waals surface area contributed by atoms with E-state index in [1.807, 2.05) is 0 Å². The van der Waals surface area contributed by atoms with E-state index in [1.54, 1.807) is 0 Å². The van der Waals surface area contributed by atoms with Gasteiger partial charge >= 0.3 is 11.5 Å². The average molecular weight is 333 g/mol. The van der Waals surface area contributed by atoms with Crippen molar-refractivity contribution in [1.29, 1.82) is 0 Å². The summed E-state index contributed by atoms with van der Waals surface area (Å²) in [6.45, 7) is 0.121. The molecule has 1 aromatic rings. The van der Waals surface area contributed by atoms with E-state index in [4.69, 9.17) is 0 Å². The van der Waals surface area contributed by atoms with Gasteiger partial charge in [0.25, 0.3) is 0 Å². The summed E-state index contributed by atoms with van der Waals surface area (Å²) < 4.78 is 108. The summed E-state index contributed by atoms with van der Waals surface area (Å²) >= 11 is 0. The fraction of sp³-hybridized carbons (Fsp3) is 0.273. The molecule has 0 saturated heterocycles. The number of hydrogen-bond donors (Lipinski definition) is 0. The summed E-state index contributed by atoms with van der Waals surface area (Å²) in [5.74, 6) is -21.8. The Morgan fingerprint density at radius 1 is 0.818 bits per heavy atom. The molecule has 1 atom stereocenters. The minimum Gasteiger partial charge on any atom is -0.263 e. The molecule has 0 bridgehead atoms. The van der Waals surface area contributed by atoms with Crippen LogP contribution in [-0.2, 0) is 11.5 Å². The predicted molar refractivity (Wildman–Crippen MR) is 53.8 cm³/mol. The third kappa shape index (κ3) is 1.61. The summed E-state index contributed by atoms with van der Waals surface area (Å²) in [7, 11) is 0. The van der Waals surface area contributed by atoms with Gasteiger partial charge in [-0.2, -0.15) is 8.78 Å². The van der Waals surface area contributed by atoms with E-state index in [1.165, 1.54) is 0 Å². The first-order chi connectivity index (χ1) is 9.90. The summed E-state index contributed by atoms with van der Waals surface area (Å²) in [5, 5.41) is 10.9. The lowest BCUT2D eigenvalue weighted by atomic mass is 9.79. The van der Waals surface area contributed by atoms with Crippen LogP contribution < -0.4 is 0 Å². The van der Waals surface area contributed by atoms with E-state index in [2.05, 4.69) is 0 Å². The predicted octanol–water partition coefficient (Wildman–Crippen LogP) is 3.99. The van der Waals surface area contributed by atoms with Crippen LogP contribution >= 0.6 is 0 Å². The van der Waals surface area contributed by atoms with Gasteiger partial charge in [0, 0.05) is 11.8 Å². The van der Waals surface area contributed by atoms with Gasteiger partial charge in [0.05, 0.1) is 11.1 Å². The van der Waals surface area contributed by atoms with Crippen molar-refractivity contribution in [3.05, 3.63) is 56.2 Å². The molecule has 0 fully saturated rings. The lowest BCUT2D eigenvalue weighted by Gasteiger charge is -2.31. The van der Waals surface area contributed by atoms with Gasteiger partial charge in [-0.15, -0.1) is 0 Å². The number of halogens is 8. The van der Waals surface area contributed by atoms with E-state index < -0.39 is 62.4 Å². The Morgan fingerprint density at radius 3 is 1.64 bits per heavy atom. The van der Waals surface area contributed by atoms with Gasteiger partial charge in [-0.05, 0) is 0 Å². The van der Waals surface area contributed by atoms with Gasteiger partial charge in [-0.25, -0.2) is 26.3 Å². The molecule has 1 unspecified atom stereocenters. The lowest BCUT2D eigenvalue weighted by molar-refractivity contribution is -0.567. The highest BCUT2D eigenvalue weighted by atomic mass is 19.3. The second kappa shape index (κ2) is 4.40. The minimum atomic E-state index is -5.24. The Labute approximate surface area is 116 Å². The first-order valence-corrected chi connectivity index (χ1v) is 5.35. The standard InChI is InChI=1S/C11H3F8NO2/c1-10(20(21)22)2-3(11(18,19)9(17)8(10)16)5(13)7(15)6(14)4(2)12/h1H3. The zero-order valence-electron chi connectivity index (χ0n) is 10.3. The molecule has 1 aliphatic rings. The number of fused-ring (bicyclic) bond motifs is 1. The van der Waals surface area contributed by atoms with Gasteiger partial charge < -0.3 is 0 Å². The second-order valence-corrected chi connectivity index (χ2v) is 4.54. The number of allylic oxidation sites excluding steroid dienone is 1. The van der Waals surface area contributed by atoms with E-state index in [0.29, 0.717) is 0 Å². The quantitative estimate of drug-likeness (QED) is 0.256. The van der Waals surface area contributed by atoms with Gasteiger partial charge in [0.2, 0.25) is 11.7 Å². The summed E-state index contributed by atoms with van der Waals surface area (Å²) in [4.78, 5) is 9.13. The number of rotatable bonds is 1. The molecular weight excluding hydrogens is 330 g/mol. The zero-order valence-corrected chi connectivity index (χ0v) is 10.3. The van der Waals surface area contributed by atoms with E-state index in [0.717, 1.165) is 0 Å². The Bertz CT molecular complexity index is 744. The van der Waals surface area contributed by atoms with Crippen molar-refractivity contribution in [3.8, 4) is 0 Å². The Morgan fingerprint density at radius 2 is 1.23 bits per heavy atom. The third-order valence-electron chi connectivity index (χ3n) is 3.33. The van der Waals surface area contributed by atoms with E-state index in [9.17, 15) is 45.2 Å². The Hall–Kier alpha value is -2.20. The zero-order chi connectivity index (χ0) is 17.2. The maximum absolute atomic E-state index is 13.7. The molecule has 0 N–H and O–H groups in total. The van der Waals surface area contributed by atoms with Crippen molar-refractivity contribution < 1.29 is 40.0 Å². The molecule has 11 heteroatoms. The molecule has 1 aromatic carbocycles. The second-order valence-electron chi connectivity index (χ2n) is 4.54. The molecule has 0 heterocycles. The molecular formula is C11H3F8NO2. The van der Waals surface area contributed by atoms with Crippen LogP contribution in [0.15, 0.2) is 11.7 Å². The number of benzene rings is 1. The van der Waals surface area contributed by atoms with Crippen LogP contribution in [0.3, 0.4) is 0 Å². The van der Waals surface area contributed by atoms with Crippen molar-refractivity contribution >= 4 is 0 Å². The summed E-state index contributed by atoms with van der Waals surface area (Å²) in [5.41, 5.74) is -8.25. The fourth-order valence-corrected chi connectivity index (χ4v) is 2.13. The largest absolute Gasteiger partial charge is 0.330 e. The third-order valence-corrected chi connectivity index (χ3v) is 3.33. The van der Waals surface area contributed by atoms with Crippen LogP contribution in [0.25, 0.3) is 0 Å². The number of hydrogen-bond acceptors (Lipinski definition) is 2. The molecule has 0 saturated carbocycles. The molecule has 0 spiro atoms. The molecule has 0 radical (unpaired) electrons. The van der Waals surface area contributed by atoms with Gasteiger partial charge in [0.15, 0.2) is 23.3 Å². The maximum Gasteiger partial charge on any atom is 0.330 e. The van der Waals surface area contributed by atoms with Crippen molar-refractivity contribution in [3.63, 3.8) is 0 Å². The first-order valence-electron chi connectivity index (χ1n) is 5.35. The highest BCUT2D eigenvalue weighted by Crippen LogP contribution is 2.54. The fourth-order valence-electron chi connectivity index (χ4n) is 2.13. The normalized spacial score (nSPS) is 23.5. The first kappa shape index (κ1) is 16.2. The van der Waals surface area contributed by atoms with Crippen LogP contribution in [0, 0.1) is 33.4 Å². The van der Waals surface area contributed by atoms with Crippen LogP contribution in [0.4, 0.5) is 35.1 Å². The van der Waals surface area contributed by atoms with Crippen LogP contribution in [0.5, 0.6) is 0 Å². The highest BCUT2D eigenvalue weighted by Gasteiger charge is 2.63. The van der Waals surface area contributed by atoms with Crippen LogP contribution in [0.1, 0.15) is 18.1 Å². The van der Waals surface area contributed by atoms with E-state index >= 15 is 0 Å². The molecule has 3 nitrogen and oxygen atoms in total. The molecule has 120 valence electrons. The molecule has 0 aromatic heterocycles. The highest BCUT2D eigenvalue weighted by molar-refractivity contribution is 5.50. The van der Waals surface area contributed by atoms with Crippen molar-refractivity contribution in [2.75, 3.05) is 0 Å². The molecule has 1 aliphatic carbocycles. The molecule has 0 aliphatic heterocycles. The van der Waals surface area contributed by atoms with Crippen LogP contribution in [-0.4, -0.2) is 4.92 Å². The van der Waals surface area contributed by atoms with Crippen molar-refractivity contribution in [2.45, 2.75) is 18.4 Å². The lowest BCUT2D eigenvalue weighted by Crippen LogP contribution is -2.43. The smallest absolute Gasteiger partial charge is 0.263 e. The number of nitrogens with zero attached hydrogens (tertiary/aromatic N) is 1. The Kier molecular flexibility index (Phi) is 3.23. The van der Waals surface area contributed by atoms with Crippen LogP contribution in [0.2, 0.25) is 0 Å².